The number of piperidine rings is 1. The summed E-state index contributed by atoms with van der Waals surface area (Å²) in [5, 5.41) is 8.66. The molecule has 2 saturated carbocycles. The van der Waals surface area contributed by atoms with Crippen LogP contribution in [0.1, 0.15) is 81.9 Å². The normalized spacial score (nSPS) is 24.6. The van der Waals surface area contributed by atoms with Crippen LogP contribution in [0.15, 0.2) is 6.20 Å². The van der Waals surface area contributed by atoms with Gasteiger partial charge in [0.05, 0.1) is 11.7 Å². The summed E-state index contributed by atoms with van der Waals surface area (Å²) < 4.78 is 2.06. The zero-order valence-electron chi connectivity index (χ0n) is 14.0. The SMILES string of the molecule is O=C(C1CCCCCC1)N1CCC(n2cc(C3CC3)nn2)CC1. The summed E-state index contributed by atoms with van der Waals surface area (Å²) in [6.07, 6.45) is 14.0. The van der Waals surface area contributed by atoms with Crippen molar-refractivity contribution in [3.05, 3.63) is 11.9 Å². The molecule has 5 heteroatoms. The fourth-order valence-corrected chi connectivity index (χ4v) is 4.17. The predicted molar refractivity (Wildman–Crippen MR) is 88.0 cm³/mol. The van der Waals surface area contributed by atoms with Crippen molar-refractivity contribution < 1.29 is 4.79 Å². The van der Waals surface area contributed by atoms with Crippen LogP contribution in [0, 0.1) is 5.92 Å². The van der Waals surface area contributed by atoms with Gasteiger partial charge in [0.2, 0.25) is 5.91 Å². The first kappa shape index (κ1) is 15.2. The molecule has 4 rings (SSSR count). The average Bonchev–Trinajstić information content (AvgIpc) is 3.38. The first-order valence-electron chi connectivity index (χ1n) is 9.52. The Kier molecular flexibility index (Phi) is 4.36. The van der Waals surface area contributed by atoms with E-state index in [1.807, 2.05) is 0 Å². The highest BCUT2D eigenvalue weighted by molar-refractivity contribution is 5.78. The number of nitrogens with zero attached hydrogens (tertiary/aromatic N) is 4. The van der Waals surface area contributed by atoms with E-state index in [-0.39, 0.29) is 0 Å². The van der Waals surface area contributed by atoms with Crippen LogP contribution < -0.4 is 0 Å². The Labute approximate surface area is 138 Å². The number of carbonyl (C=O) groups is 1. The molecule has 0 spiro atoms. The van der Waals surface area contributed by atoms with Crippen molar-refractivity contribution in [1.29, 1.82) is 0 Å². The molecule has 2 aliphatic carbocycles. The molecule has 5 nitrogen and oxygen atoms in total. The Morgan fingerprint density at radius 3 is 2.30 bits per heavy atom. The van der Waals surface area contributed by atoms with E-state index in [1.165, 1.54) is 44.2 Å². The molecule has 1 saturated heterocycles. The van der Waals surface area contributed by atoms with Crippen LogP contribution in [0.25, 0.3) is 0 Å². The lowest BCUT2D eigenvalue weighted by molar-refractivity contribution is -0.137. The Hall–Kier alpha value is -1.39. The Morgan fingerprint density at radius 2 is 1.65 bits per heavy atom. The molecule has 0 radical (unpaired) electrons. The highest BCUT2D eigenvalue weighted by Crippen LogP contribution is 2.39. The van der Waals surface area contributed by atoms with Crippen molar-refractivity contribution in [1.82, 2.24) is 19.9 Å². The topological polar surface area (TPSA) is 51.0 Å². The zero-order valence-corrected chi connectivity index (χ0v) is 14.0. The van der Waals surface area contributed by atoms with E-state index in [4.69, 9.17) is 0 Å². The predicted octanol–water partition coefficient (Wildman–Crippen LogP) is 3.29. The van der Waals surface area contributed by atoms with Gasteiger partial charge in [0, 0.05) is 31.1 Å². The smallest absolute Gasteiger partial charge is 0.225 e. The summed E-state index contributed by atoms with van der Waals surface area (Å²) in [6, 6.07) is 0.424. The molecule has 1 aromatic heterocycles. The minimum atomic E-state index is 0.293. The zero-order chi connectivity index (χ0) is 15.6. The van der Waals surface area contributed by atoms with Crippen molar-refractivity contribution in [2.45, 2.75) is 76.2 Å². The average molecular weight is 316 g/mol. The van der Waals surface area contributed by atoms with E-state index >= 15 is 0 Å². The molecule has 3 fully saturated rings. The molecule has 3 aliphatic rings. The summed E-state index contributed by atoms with van der Waals surface area (Å²) in [5.74, 6) is 1.38. The third kappa shape index (κ3) is 3.43. The second kappa shape index (κ2) is 6.62. The molecular weight excluding hydrogens is 288 g/mol. The summed E-state index contributed by atoms with van der Waals surface area (Å²) in [4.78, 5) is 14.9. The Balaban J connectivity index is 1.31. The Morgan fingerprint density at radius 1 is 0.957 bits per heavy atom. The first-order chi connectivity index (χ1) is 11.3. The third-order valence-electron chi connectivity index (χ3n) is 5.88. The second-order valence-corrected chi connectivity index (χ2v) is 7.64. The summed E-state index contributed by atoms with van der Waals surface area (Å²) in [5.41, 5.74) is 1.17. The maximum Gasteiger partial charge on any atom is 0.225 e. The van der Waals surface area contributed by atoms with Crippen LogP contribution in [0.5, 0.6) is 0 Å². The maximum atomic E-state index is 12.7. The highest BCUT2D eigenvalue weighted by atomic mass is 16.2. The first-order valence-corrected chi connectivity index (χ1v) is 9.52. The van der Waals surface area contributed by atoms with Gasteiger partial charge in [-0.3, -0.25) is 4.79 Å². The van der Waals surface area contributed by atoms with Crippen LogP contribution in [0.3, 0.4) is 0 Å². The molecule has 1 amide bonds. The van der Waals surface area contributed by atoms with Crippen LogP contribution in [-0.4, -0.2) is 38.9 Å². The number of carbonyl (C=O) groups excluding carboxylic acids is 1. The molecule has 0 N–H and O–H groups in total. The molecule has 1 aliphatic heterocycles. The minimum Gasteiger partial charge on any atom is -0.342 e. The molecule has 1 aromatic rings. The van der Waals surface area contributed by atoms with Gasteiger partial charge < -0.3 is 4.90 Å². The number of rotatable bonds is 3. The lowest BCUT2D eigenvalue weighted by Gasteiger charge is -2.34. The summed E-state index contributed by atoms with van der Waals surface area (Å²) >= 11 is 0. The van der Waals surface area contributed by atoms with Gasteiger partial charge in [0.25, 0.3) is 0 Å². The lowest BCUT2D eigenvalue weighted by atomic mass is 9.96. The molecule has 126 valence electrons. The summed E-state index contributed by atoms with van der Waals surface area (Å²) in [7, 11) is 0. The lowest BCUT2D eigenvalue weighted by Crippen LogP contribution is -2.42. The minimum absolute atomic E-state index is 0.293. The van der Waals surface area contributed by atoms with Gasteiger partial charge in [-0.2, -0.15) is 0 Å². The Bertz CT molecular complexity index is 535. The van der Waals surface area contributed by atoms with Gasteiger partial charge in [-0.1, -0.05) is 30.9 Å². The second-order valence-electron chi connectivity index (χ2n) is 7.64. The van der Waals surface area contributed by atoms with Crippen LogP contribution in [0.4, 0.5) is 0 Å². The molecular formula is C18H28N4O. The standard InChI is InChI=1S/C18H28N4O/c23-18(15-5-3-1-2-4-6-15)21-11-9-16(10-12-21)22-13-17(19-20-22)14-7-8-14/h13-16H,1-12H2. The van der Waals surface area contributed by atoms with E-state index < -0.39 is 0 Å². The van der Waals surface area contributed by atoms with Gasteiger partial charge >= 0.3 is 0 Å². The molecule has 0 atom stereocenters. The van der Waals surface area contributed by atoms with E-state index in [2.05, 4.69) is 26.1 Å². The van der Waals surface area contributed by atoms with Crippen molar-refractivity contribution in [2.75, 3.05) is 13.1 Å². The largest absolute Gasteiger partial charge is 0.342 e. The van der Waals surface area contributed by atoms with Gasteiger partial charge in [-0.05, 0) is 38.5 Å². The number of likely N-dealkylation sites (tertiary alicyclic amines) is 1. The quantitative estimate of drug-likeness (QED) is 0.804. The van der Waals surface area contributed by atoms with Crippen molar-refractivity contribution in [2.24, 2.45) is 5.92 Å². The monoisotopic (exact) mass is 316 g/mol. The maximum absolute atomic E-state index is 12.7. The van der Waals surface area contributed by atoms with Crippen molar-refractivity contribution in [3.8, 4) is 0 Å². The number of hydrogen-bond donors (Lipinski definition) is 0. The van der Waals surface area contributed by atoms with Gasteiger partial charge in [-0.15, -0.1) is 5.10 Å². The van der Waals surface area contributed by atoms with Crippen LogP contribution in [-0.2, 0) is 4.79 Å². The molecule has 0 unspecified atom stereocenters. The number of hydrogen-bond acceptors (Lipinski definition) is 3. The molecule has 2 heterocycles. The van der Waals surface area contributed by atoms with Crippen LogP contribution >= 0.6 is 0 Å². The molecule has 0 aromatic carbocycles. The van der Waals surface area contributed by atoms with Crippen molar-refractivity contribution >= 4 is 5.91 Å². The van der Waals surface area contributed by atoms with Gasteiger partial charge in [0.15, 0.2) is 0 Å². The van der Waals surface area contributed by atoms with E-state index in [9.17, 15) is 4.79 Å². The van der Waals surface area contributed by atoms with Gasteiger partial charge in [-0.25, -0.2) is 4.68 Å². The molecule has 23 heavy (non-hydrogen) atoms. The van der Waals surface area contributed by atoms with Crippen molar-refractivity contribution in [3.63, 3.8) is 0 Å². The van der Waals surface area contributed by atoms with Crippen LogP contribution in [0.2, 0.25) is 0 Å². The fraction of sp³-hybridized carbons (Fsp3) is 0.833. The fourth-order valence-electron chi connectivity index (χ4n) is 4.17. The summed E-state index contributed by atoms with van der Waals surface area (Å²) in [6.45, 7) is 1.78. The van der Waals surface area contributed by atoms with E-state index in [0.29, 0.717) is 23.8 Å². The highest BCUT2D eigenvalue weighted by Gasteiger charge is 2.31. The molecule has 0 bridgehead atoms. The van der Waals surface area contributed by atoms with E-state index in [1.54, 1.807) is 0 Å². The number of amides is 1. The van der Waals surface area contributed by atoms with Gasteiger partial charge in [0.1, 0.15) is 0 Å². The number of aromatic nitrogens is 3. The third-order valence-corrected chi connectivity index (χ3v) is 5.88. The van der Waals surface area contributed by atoms with E-state index in [0.717, 1.165) is 38.8 Å².